The summed E-state index contributed by atoms with van der Waals surface area (Å²) >= 11 is 0. The molecular formula is C26H26O7. The van der Waals surface area contributed by atoms with E-state index in [1.54, 1.807) is 54.6 Å². The van der Waals surface area contributed by atoms with Gasteiger partial charge in [-0.3, -0.25) is 0 Å². The number of hydrogen-bond acceptors (Lipinski definition) is 7. The predicted molar refractivity (Wildman–Crippen MR) is 122 cm³/mol. The lowest BCUT2D eigenvalue weighted by Gasteiger charge is -2.11. The maximum Gasteiger partial charge on any atom is 0.343 e. The number of esters is 3. The molecule has 1 saturated heterocycles. The van der Waals surface area contributed by atoms with E-state index in [4.69, 9.17) is 18.9 Å². The van der Waals surface area contributed by atoms with E-state index in [-0.39, 0.29) is 18.8 Å². The predicted octanol–water partition coefficient (Wildman–Crippen LogP) is 4.51. The minimum atomic E-state index is -0.511. The first-order valence-electron chi connectivity index (χ1n) is 10.7. The standard InChI is InChI=1S/C26H26O7/c1-4-18(3)31-24(27)14-7-19-5-10-22(11-6-19)32-26(29)20-8-12-21(13-9-20)30-16-23-15-17(2)25(28)33-23/h5-14,18,23H,2,4,15-16H2,1,3H3/b14-7+. The summed E-state index contributed by atoms with van der Waals surface area (Å²) in [5.74, 6) is -0.383. The van der Waals surface area contributed by atoms with E-state index in [2.05, 4.69) is 6.58 Å². The Morgan fingerprint density at radius 2 is 1.79 bits per heavy atom. The molecule has 2 aromatic rings. The van der Waals surface area contributed by atoms with E-state index in [1.807, 2.05) is 13.8 Å². The zero-order valence-corrected chi connectivity index (χ0v) is 18.6. The van der Waals surface area contributed by atoms with E-state index in [9.17, 15) is 14.4 Å². The summed E-state index contributed by atoms with van der Waals surface area (Å²) in [5, 5.41) is 0. The monoisotopic (exact) mass is 450 g/mol. The van der Waals surface area contributed by atoms with E-state index >= 15 is 0 Å². The highest BCUT2D eigenvalue weighted by Gasteiger charge is 2.27. The van der Waals surface area contributed by atoms with Crippen LogP contribution in [0.5, 0.6) is 11.5 Å². The molecule has 0 saturated carbocycles. The Bertz CT molecular complexity index is 1020. The molecule has 33 heavy (non-hydrogen) atoms. The van der Waals surface area contributed by atoms with Crippen molar-refractivity contribution < 1.29 is 33.3 Å². The van der Waals surface area contributed by atoms with Crippen molar-refractivity contribution in [2.24, 2.45) is 0 Å². The van der Waals surface area contributed by atoms with Crippen molar-refractivity contribution in [3.8, 4) is 11.5 Å². The summed E-state index contributed by atoms with van der Waals surface area (Å²) in [6.07, 6.45) is 3.72. The molecule has 0 radical (unpaired) electrons. The molecule has 1 aliphatic rings. The van der Waals surface area contributed by atoms with Gasteiger partial charge in [0.2, 0.25) is 0 Å². The fourth-order valence-electron chi connectivity index (χ4n) is 2.90. The van der Waals surface area contributed by atoms with Crippen LogP contribution in [0, 0.1) is 0 Å². The van der Waals surface area contributed by atoms with Crippen LogP contribution >= 0.6 is 0 Å². The van der Waals surface area contributed by atoms with E-state index in [0.29, 0.717) is 29.1 Å². The molecule has 172 valence electrons. The maximum atomic E-state index is 12.4. The van der Waals surface area contributed by atoms with E-state index in [1.165, 1.54) is 6.08 Å². The van der Waals surface area contributed by atoms with Gasteiger partial charge in [0, 0.05) is 18.1 Å². The quantitative estimate of drug-likeness (QED) is 0.315. The third kappa shape index (κ3) is 7.07. The van der Waals surface area contributed by atoms with Gasteiger partial charge in [0.25, 0.3) is 0 Å². The Kier molecular flexibility index (Phi) is 8.02. The molecule has 3 rings (SSSR count). The maximum absolute atomic E-state index is 12.4. The van der Waals surface area contributed by atoms with Crippen LogP contribution in [0.1, 0.15) is 42.6 Å². The number of cyclic esters (lactones) is 1. The Labute approximate surface area is 192 Å². The van der Waals surface area contributed by atoms with Gasteiger partial charge < -0.3 is 18.9 Å². The fraction of sp³-hybridized carbons (Fsp3) is 0.269. The fourth-order valence-corrected chi connectivity index (χ4v) is 2.90. The number of rotatable bonds is 9. The van der Waals surface area contributed by atoms with Crippen molar-refractivity contribution in [2.45, 2.75) is 38.9 Å². The Morgan fingerprint density at radius 3 is 2.39 bits per heavy atom. The van der Waals surface area contributed by atoms with E-state index in [0.717, 1.165) is 12.0 Å². The summed E-state index contributed by atoms with van der Waals surface area (Å²) in [5.41, 5.74) is 1.57. The average molecular weight is 450 g/mol. The lowest BCUT2D eigenvalue weighted by atomic mass is 10.2. The molecule has 1 aliphatic heterocycles. The lowest BCUT2D eigenvalue weighted by Crippen LogP contribution is -2.17. The molecule has 1 fully saturated rings. The van der Waals surface area contributed by atoms with Crippen molar-refractivity contribution >= 4 is 24.0 Å². The van der Waals surface area contributed by atoms with Gasteiger partial charge in [-0.05, 0) is 61.4 Å². The number of benzene rings is 2. The van der Waals surface area contributed by atoms with Crippen LogP contribution in [0.2, 0.25) is 0 Å². The van der Waals surface area contributed by atoms with Gasteiger partial charge in [-0.2, -0.15) is 0 Å². The zero-order chi connectivity index (χ0) is 23.8. The van der Waals surface area contributed by atoms with Gasteiger partial charge in [0.05, 0.1) is 11.7 Å². The Hall–Kier alpha value is -3.87. The first-order chi connectivity index (χ1) is 15.8. The second kappa shape index (κ2) is 11.1. The molecule has 0 aliphatic carbocycles. The third-order valence-corrected chi connectivity index (χ3v) is 4.96. The Morgan fingerprint density at radius 1 is 1.12 bits per heavy atom. The highest BCUT2D eigenvalue weighted by Crippen LogP contribution is 2.21. The van der Waals surface area contributed by atoms with Crippen molar-refractivity contribution in [1.29, 1.82) is 0 Å². The van der Waals surface area contributed by atoms with Crippen LogP contribution in [0.15, 0.2) is 66.8 Å². The summed E-state index contributed by atoms with van der Waals surface area (Å²) in [6.45, 7) is 7.63. The van der Waals surface area contributed by atoms with Crippen LogP contribution in [0.25, 0.3) is 6.08 Å². The smallest absolute Gasteiger partial charge is 0.343 e. The Balaban J connectivity index is 1.49. The minimum Gasteiger partial charge on any atom is -0.490 e. The van der Waals surface area contributed by atoms with Crippen LogP contribution in [0.3, 0.4) is 0 Å². The minimum absolute atomic E-state index is 0.128. The van der Waals surface area contributed by atoms with Crippen LogP contribution in [-0.2, 0) is 19.1 Å². The SMILES string of the molecule is C=C1CC(COc2ccc(C(=O)Oc3ccc(/C=C/C(=O)OC(C)CC)cc3)cc2)OC1=O. The second-order valence-electron chi connectivity index (χ2n) is 7.62. The second-order valence-corrected chi connectivity index (χ2v) is 7.62. The number of carbonyl (C=O) groups excluding carboxylic acids is 3. The number of hydrogen-bond donors (Lipinski definition) is 0. The molecule has 2 atom stereocenters. The third-order valence-electron chi connectivity index (χ3n) is 4.96. The molecule has 2 aromatic carbocycles. The van der Waals surface area contributed by atoms with Gasteiger partial charge in [0.15, 0.2) is 0 Å². The van der Waals surface area contributed by atoms with Crippen LogP contribution < -0.4 is 9.47 Å². The molecule has 7 heteroatoms. The van der Waals surface area contributed by atoms with Crippen molar-refractivity contribution in [3.63, 3.8) is 0 Å². The van der Waals surface area contributed by atoms with Gasteiger partial charge >= 0.3 is 17.9 Å². The van der Waals surface area contributed by atoms with Crippen LogP contribution in [0.4, 0.5) is 0 Å². The van der Waals surface area contributed by atoms with Gasteiger partial charge in [-0.25, -0.2) is 14.4 Å². The van der Waals surface area contributed by atoms with Gasteiger partial charge in [-0.15, -0.1) is 0 Å². The van der Waals surface area contributed by atoms with Crippen LogP contribution in [-0.4, -0.2) is 36.7 Å². The summed E-state index contributed by atoms with van der Waals surface area (Å²) in [6, 6.07) is 13.2. The van der Waals surface area contributed by atoms with Crippen molar-refractivity contribution in [1.82, 2.24) is 0 Å². The molecule has 0 aromatic heterocycles. The summed E-state index contributed by atoms with van der Waals surface area (Å²) in [4.78, 5) is 35.4. The molecule has 0 bridgehead atoms. The summed E-state index contributed by atoms with van der Waals surface area (Å²) < 4.78 is 21.3. The van der Waals surface area contributed by atoms with Gasteiger partial charge in [-0.1, -0.05) is 25.6 Å². The highest BCUT2D eigenvalue weighted by molar-refractivity contribution is 5.91. The molecule has 0 spiro atoms. The molecule has 7 nitrogen and oxygen atoms in total. The van der Waals surface area contributed by atoms with Crippen molar-refractivity contribution in [3.05, 3.63) is 77.9 Å². The first-order valence-corrected chi connectivity index (χ1v) is 10.7. The zero-order valence-electron chi connectivity index (χ0n) is 18.6. The van der Waals surface area contributed by atoms with Crippen molar-refractivity contribution in [2.75, 3.05) is 6.61 Å². The van der Waals surface area contributed by atoms with Gasteiger partial charge in [0.1, 0.15) is 24.2 Å². The highest BCUT2D eigenvalue weighted by atomic mass is 16.6. The summed E-state index contributed by atoms with van der Waals surface area (Å²) in [7, 11) is 0. The molecule has 0 amide bonds. The molecule has 1 heterocycles. The lowest BCUT2D eigenvalue weighted by molar-refractivity contribution is -0.142. The molecular weight excluding hydrogens is 424 g/mol. The topological polar surface area (TPSA) is 88.1 Å². The average Bonchev–Trinajstić information content (AvgIpc) is 3.14. The molecule has 2 unspecified atom stereocenters. The van der Waals surface area contributed by atoms with E-state index < -0.39 is 17.9 Å². The number of ether oxygens (including phenoxy) is 4. The normalized spacial score (nSPS) is 16.4. The first kappa shape index (κ1) is 23.8. The largest absolute Gasteiger partial charge is 0.490 e. The number of carbonyl (C=O) groups is 3. The molecule has 0 N–H and O–H groups in total.